The van der Waals surface area contributed by atoms with Crippen LogP contribution in [0.25, 0.3) is 5.69 Å². The van der Waals surface area contributed by atoms with Crippen LogP contribution in [-0.4, -0.2) is 16.7 Å². The number of hydrogen-bond acceptors (Lipinski definition) is 4. The summed E-state index contributed by atoms with van der Waals surface area (Å²) in [6, 6.07) is 20.7. The second-order valence-corrected chi connectivity index (χ2v) is 7.36. The Balaban J connectivity index is 1.61. The van der Waals surface area contributed by atoms with Gasteiger partial charge in [0.25, 0.3) is 0 Å². The molecule has 0 spiro atoms. The maximum atomic E-state index is 5.27. The monoisotopic (exact) mass is 363 g/mol. The normalized spacial score (nSPS) is 16.3. The van der Waals surface area contributed by atoms with Crippen LogP contribution in [0.2, 0.25) is 0 Å². The van der Waals surface area contributed by atoms with E-state index in [4.69, 9.17) is 4.74 Å². The molecule has 4 rings (SSSR count). The highest BCUT2D eigenvalue weighted by Crippen LogP contribution is 2.37. The second-order valence-electron chi connectivity index (χ2n) is 6.27. The summed E-state index contributed by atoms with van der Waals surface area (Å²) in [5.41, 5.74) is 9.27. The van der Waals surface area contributed by atoms with Gasteiger partial charge in [0, 0.05) is 28.2 Å². The molecule has 1 aliphatic heterocycles. The van der Waals surface area contributed by atoms with Crippen LogP contribution in [0.5, 0.6) is 5.75 Å². The van der Waals surface area contributed by atoms with Gasteiger partial charge >= 0.3 is 0 Å². The number of benzene rings is 2. The van der Waals surface area contributed by atoms with Gasteiger partial charge in [0.15, 0.2) is 0 Å². The van der Waals surface area contributed by atoms with Crippen LogP contribution in [-0.2, 0) is 0 Å². The number of hydrogen-bond donors (Lipinski definition) is 1. The fourth-order valence-corrected chi connectivity index (χ4v) is 4.38. The van der Waals surface area contributed by atoms with Crippen molar-refractivity contribution in [1.29, 1.82) is 0 Å². The molecule has 4 nitrogen and oxygen atoms in total. The quantitative estimate of drug-likeness (QED) is 0.724. The van der Waals surface area contributed by atoms with Gasteiger partial charge in [-0.15, -0.1) is 0 Å². The molecule has 0 fully saturated rings. The van der Waals surface area contributed by atoms with Gasteiger partial charge in [-0.1, -0.05) is 42.1 Å². The lowest BCUT2D eigenvalue weighted by Gasteiger charge is -2.13. The summed E-state index contributed by atoms with van der Waals surface area (Å²) in [6.45, 7) is 4.30. The molecule has 1 aromatic heterocycles. The zero-order chi connectivity index (χ0) is 18.1. The molecule has 0 bridgehead atoms. The van der Waals surface area contributed by atoms with Crippen LogP contribution in [0.3, 0.4) is 0 Å². The lowest BCUT2D eigenvalue weighted by molar-refractivity contribution is 0.414. The summed E-state index contributed by atoms with van der Waals surface area (Å²) >= 11 is 1.76. The molecule has 0 aliphatic carbocycles. The van der Waals surface area contributed by atoms with E-state index in [0.29, 0.717) is 0 Å². The molecular formula is C21H21N3OS. The average Bonchev–Trinajstić information content (AvgIpc) is 3.27. The number of nitrogens with one attached hydrogen (secondary N) is 1. The van der Waals surface area contributed by atoms with Gasteiger partial charge in [-0.3, -0.25) is 5.43 Å². The Morgan fingerprint density at radius 2 is 1.77 bits per heavy atom. The van der Waals surface area contributed by atoms with Crippen molar-refractivity contribution < 1.29 is 4.74 Å². The van der Waals surface area contributed by atoms with E-state index in [0.717, 1.165) is 22.0 Å². The SMILES string of the molecule is COc1ccc(-n2c(C)cc([C@@H]3NN=C(c4ccccc4)S3)c2C)cc1. The Labute approximate surface area is 157 Å². The smallest absolute Gasteiger partial charge is 0.126 e. The van der Waals surface area contributed by atoms with Crippen molar-refractivity contribution in [3.63, 3.8) is 0 Å². The molecule has 0 amide bonds. The molecule has 2 aromatic carbocycles. The van der Waals surface area contributed by atoms with Crippen molar-refractivity contribution in [3.8, 4) is 11.4 Å². The molecular weight excluding hydrogens is 342 g/mol. The van der Waals surface area contributed by atoms with Crippen molar-refractivity contribution in [2.45, 2.75) is 19.2 Å². The van der Waals surface area contributed by atoms with Gasteiger partial charge in [0.05, 0.1) is 7.11 Å². The van der Waals surface area contributed by atoms with E-state index >= 15 is 0 Å². The summed E-state index contributed by atoms with van der Waals surface area (Å²) in [6.07, 6.45) is 0. The number of methoxy groups -OCH3 is 1. The molecule has 0 saturated heterocycles. The number of ether oxygens (including phenoxy) is 1. The molecule has 3 aromatic rings. The number of hydrazone groups is 1. The number of thioether (sulfide) groups is 1. The van der Waals surface area contributed by atoms with Crippen LogP contribution in [0, 0.1) is 13.8 Å². The molecule has 132 valence electrons. The maximum Gasteiger partial charge on any atom is 0.126 e. The zero-order valence-corrected chi connectivity index (χ0v) is 15.9. The van der Waals surface area contributed by atoms with Gasteiger partial charge in [-0.05, 0) is 44.2 Å². The van der Waals surface area contributed by atoms with E-state index in [1.807, 2.05) is 30.3 Å². The van der Waals surface area contributed by atoms with Gasteiger partial charge in [0.2, 0.25) is 0 Å². The first-order chi connectivity index (χ1) is 12.7. The first kappa shape index (κ1) is 16.8. The summed E-state index contributed by atoms with van der Waals surface area (Å²) in [4.78, 5) is 0. The third kappa shape index (κ3) is 2.99. The summed E-state index contributed by atoms with van der Waals surface area (Å²) in [5, 5.41) is 5.70. The number of rotatable bonds is 4. The van der Waals surface area contributed by atoms with E-state index < -0.39 is 0 Å². The highest BCUT2D eigenvalue weighted by atomic mass is 32.2. The van der Waals surface area contributed by atoms with E-state index in [1.54, 1.807) is 18.9 Å². The van der Waals surface area contributed by atoms with E-state index in [2.05, 4.69) is 59.3 Å². The largest absolute Gasteiger partial charge is 0.497 e. The van der Waals surface area contributed by atoms with Crippen molar-refractivity contribution in [2.24, 2.45) is 5.10 Å². The topological polar surface area (TPSA) is 38.5 Å². The molecule has 2 heterocycles. The second kappa shape index (κ2) is 6.92. The van der Waals surface area contributed by atoms with Crippen molar-refractivity contribution in [3.05, 3.63) is 83.2 Å². The van der Waals surface area contributed by atoms with E-state index in [-0.39, 0.29) is 5.37 Å². The zero-order valence-electron chi connectivity index (χ0n) is 15.1. The molecule has 0 saturated carbocycles. The molecule has 1 atom stereocenters. The third-order valence-electron chi connectivity index (χ3n) is 4.62. The summed E-state index contributed by atoms with van der Waals surface area (Å²) < 4.78 is 7.54. The van der Waals surface area contributed by atoms with Crippen LogP contribution < -0.4 is 10.2 Å². The lowest BCUT2D eigenvalue weighted by atomic mass is 10.2. The van der Waals surface area contributed by atoms with Crippen molar-refractivity contribution in [1.82, 2.24) is 9.99 Å². The number of aryl methyl sites for hydroxylation is 1. The molecule has 5 heteroatoms. The molecule has 26 heavy (non-hydrogen) atoms. The van der Waals surface area contributed by atoms with Crippen LogP contribution >= 0.6 is 11.8 Å². The Morgan fingerprint density at radius 1 is 1.04 bits per heavy atom. The molecule has 0 radical (unpaired) electrons. The van der Waals surface area contributed by atoms with Crippen molar-refractivity contribution >= 4 is 16.8 Å². The predicted molar refractivity (Wildman–Crippen MR) is 108 cm³/mol. The first-order valence-electron chi connectivity index (χ1n) is 8.56. The van der Waals surface area contributed by atoms with Gasteiger partial charge in [-0.25, -0.2) is 0 Å². The standard InChI is InChI=1S/C21H21N3OS/c1-14-13-19(15(2)24(14)17-9-11-18(25-3)12-10-17)21-23-22-20(26-21)16-7-5-4-6-8-16/h4-13,21,23H,1-3H3/t21-/m1/s1. The molecule has 1 N–H and O–H groups in total. The summed E-state index contributed by atoms with van der Waals surface area (Å²) in [7, 11) is 1.69. The van der Waals surface area contributed by atoms with Gasteiger partial charge in [0.1, 0.15) is 16.2 Å². The van der Waals surface area contributed by atoms with Crippen LogP contribution in [0.4, 0.5) is 0 Å². The Kier molecular flexibility index (Phi) is 4.47. The first-order valence-corrected chi connectivity index (χ1v) is 9.44. The Hall–Kier alpha value is -2.66. The fraction of sp³-hybridized carbons (Fsp3) is 0.190. The van der Waals surface area contributed by atoms with E-state index in [9.17, 15) is 0 Å². The number of nitrogens with zero attached hydrogens (tertiary/aromatic N) is 2. The minimum atomic E-state index is 0.128. The highest BCUT2D eigenvalue weighted by molar-refractivity contribution is 8.14. The Bertz CT molecular complexity index is 945. The highest BCUT2D eigenvalue weighted by Gasteiger charge is 2.26. The van der Waals surface area contributed by atoms with E-state index in [1.165, 1.54) is 17.0 Å². The van der Waals surface area contributed by atoms with Crippen molar-refractivity contribution in [2.75, 3.05) is 7.11 Å². The van der Waals surface area contributed by atoms with Crippen LogP contribution in [0.1, 0.15) is 27.9 Å². The molecule has 0 unspecified atom stereocenters. The number of aromatic nitrogens is 1. The maximum absolute atomic E-state index is 5.27. The predicted octanol–water partition coefficient (Wildman–Crippen LogP) is 4.80. The fourth-order valence-electron chi connectivity index (χ4n) is 3.31. The van der Waals surface area contributed by atoms with Crippen LogP contribution in [0.15, 0.2) is 65.8 Å². The summed E-state index contributed by atoms with van der Waals surface area (Å²) in [5.74, 6) is 0.866. The van der Waals surface area contributed by atoms with Gasteiger partial charge < -0.3 is 9.30 Å². The third-order valence-corrected chi connectivity index (χ3v) is 5.76. The average molecular weight is 363 g/mol. The Morgan fingerprint density at radius 3 is 2.46 bits per heavy atom. The minimum Gasteiger partial charge on any atom is -0.497 e. The lowest BCUT2D eigenvalue weighted by Crippen LogP contribution is -2.08. The minimum absolute atomic E-state index is 0.128. The molecule has 1 aliphatic rings. The van der Waals surface area contributed by atoms with Gasteiger partial charge in [-0.2, -0.15) is 5.10 Å².